The zero-order valence-electron chi connectivity index (χ0n) is 17.6. The lowest BCUT2D eigenvalue weighted by Gasteiger charge is -2.35. The van der Waals surface area contributed by atoms with Crippen LogP contribution in [0.15, 0.2) is 47.8 Å². The van der Waals surface area contributed by atoms with Crippen molar-refractivity contribution in [2.45, 2.75) is 45.3 Å². The smallest absolute Gasteiger partial charge is 0.215 e. The Morgan fingerprint density at radius 1 is 1.07 bits per heavy atom. The summed E-state index contributed by atoms with van der Waals surface area (Å²) >= 11 is 1.82. The van der Waals surface area contributed by atoms with Gasteiger partial charge in [0.15, 0.2) is 6.04 Å². The van der Waals surface area contributed by atoms with Crippen LogP contribution >= 0.6 is 11.3 Å². The summed E-state index contributed by atoms with van der Waals surface area (Å²) in [6.45, 7) is 12.3. The van der Waals surface area contributed by atoms with Crippen LogP contribution < -0.4 is 9.80 Å². The Kier molecular flexibility index (Phi) is 6.08. The number of rotatable bonds is 7. The van der Waals surface area contributed by atoms with Crippen LogP contribution in [0.2, 0.25) is 0 Å². The zero-order chi connectivity index (χ0) is 20.3. The molecule has 1 aliphatic heterocycles. The minimum Gasteiger partial charge on any atom is -0.322 e. The maximum Gasteiger partial charge on any atom is 0.215 e. The van der Waals surface area contributed by atoms with E-state index >= 15 is 0 Å². The first-order chi connectivity index (χ1) is 14.1. The number of quaternary nitrogens is 2. The lowest BCUT2D eigenvalue weighted by atomic mass is 10.0. The van der Waals surface area contributed by atoms with Crippen LogP contribution in [0.5, 0.6) is 0 Å². The van der Waals surface area contributed by atoms with Gasteiger partial charge in [0.25, 0.3) is 0 Å². The Balaban J connectivity index is 1.54. The molecule has 4 rings (SSSR count). The van der Waals surface area contributed by atoms with E-state index in [4.69, 9.17) is 0 Å². The Bertz CT molecular complexity index is 881. The molecule has 2 aromatic heterocycles. The van der Waals surface area contributed by atoms with Crippen molar-refractivity contribution >= 4 is 11.3 Å². The maximum atomic E-state index is 4.53. The average Bonchev–Trinajstić information content (AvgIpc) is 3.43. The average molecular weight is 413 g/mol. The minimum atomic E-state index is -0.0891. The molecule has 7 heteroatoms. The molecule has 1 aliphatic rings. The van der Waals surface area contributed by atoms with E-state index in [1.807, 2.05) is 11.3 Å². The van der Waals surface area contributed by atoms with Gasteiger partial charge < -0.3 is 9.80 Å². The number of nitrogens with zero attached hydrogens (tertiary/aromatic N) is 4. The molecule has 0 bridgehead atoms. The summed E-state index contributed by atoms with van der Waals surface area (Å²) in [7, 11) is 0. The first-order valence-electron chi connectivity index (χ1n) is 10.6. The molecule has 1 aromatic carbocycles. The molecule has 0 saturated carbocycles. The molecule has 2 N–H and O–H groups in total. The minimum absolute atomic E-state index is 0.0891. The van der Waals surface area contributed by atoms with E-state index in [-0.39, 0.29) is 11.6 Å². The molecule has 1 atom stereocenters. The summed E-state index contributed by atoms with van der Waals surface area (Å²) in [4.78, 5) is 4.60. The van der Waals surface area contributed by atoms with Crippen LogP contribution in [-0.2, 0) is 12.1 Å². The van der Waals surface area contributed by atoms with E-state index < -0.39 is 0 Å². The van der Waals surface area contributed by atoms with Gasteiger partial charge in [-0.15, -0.1) is 16.4 Å². The van der Waals surface area contributed by atoms with Crippen molar-refractivity contribution in [2.75, 3.05) is 26.2 Å². The van der Waals surface area contributed by atoms with Crippen molar-refractivity contribution in [2.24, 2.45) is 0 Å². The number of thiophene rings is 1. The van der Waals surface area contributed by atoms with E-state index in [0.29, 0.717) is 0 Å². The number of hydrogen-bond acceptors (Lipinski definition) is 4. The summed E-state index contributed by atoms with van der Waals surface area (Å²) in [5.74, 6) is 1.00. The zero-order valence-corrected chi connectivity index (χ0v) is 18.5. The second kappa shape index (κ2) is 8.73. The number of hydrogen-bond donors (Lipinski definition) is 2. The number of aromatic nitrogens is 4. The van der Waals surface area contributed by atoms with Crippen molar-refractivity contribution < 1.29 is 9.80 Å². The molecule has 0 spiro atoms. The third-order valence-corrected chi connectivity index (χ3v) is 7.26. The molecule has 3 heterocycles. The van der Waals surface area contributed by atoms with E-state index in [0.717, 1.165) is 31.9 Å². The number of benzene rings is 1. The van der Waals surface area contributed by atoms with E-state index in [1.54, 1.807) is 9.80 Å². The molecule has 0 unspecified atom stereocenters. The summed E-state index contributed by atoms with van der Waals surface area (Å²) < 4.78 is 2.06. The van der Waals surface area contributed by atoms with Crippen LogP contribution in [0.4, 0.5) is 0 Å². The molecule has 0 radical (unpaired) electrons. The van der Waals surface area contributed by atoms with Gasteiger partial charge in [0.2, 0.25) is 5.82 Å². The third kappa shape index (κ3) is 4.42. The van der Waals surface area contributed by atoms with Gasteiger partial charge in [-0.05, 0) is 42.1 Å². The fourth-order valence-electron chi connectivity index (χ4n) is 4.20. The molecule has 0 aliphatic carbocycles. The Morgan fingerprint density at radius 2 is 1.83 bits per heavy atom. The fourth-order valence-corrected chi connectivity index (χ4v) is 5.08. The number of nitrogens with one attached hydrogen (secondary N) is 2. The quantitative estimate of drug-likeness (QED) is 0.608. The van der Waals surface area contributed by atoms with Crippen molar-refractivity contribution in [1.29, 1.82) is 0 Å². The highest BCUT2D eigenvalue weighted by atomic mass is 32.1. The lowest BCUT2D eigenvalue weighted by molar-refractivity contribution is -1.03. The van der Waals surface area contributed by atoms with Crippen molar-refractivity contribution in [1.82, 2.24) is 20.2 Å². The van der Waals surface area contributed by atoms with Gasteiger partial charge in [-0.2, -0.15) is 0 Å². The molecule has 0 amide bonds. The highest BCUT2D eigenvalue weighted by molar-refractivity contribution is 7.10. The number of piperazine rings is 1. The van der Waals surface area contributed by atoms with E-state index in [2.05, 4.69) is 88.8 Å². The predicted molar refractivity (Wildman–Crippen MR) is 115 cm³/mol. The monoisotopic (exact) mass is 412 g/mol. The molecule has 29 heavy (non-hydrogen) atoms. The first kappa shape index (κ1) is 20.2. The van der Waals surface area contributed by atoms with Crippen molar-refractivity contribution in [3.63, 3.8) is 0 Å². The van der Waals surface area contributed by atoms with E-state index in [1.165, 1.54) is 23.5 Å². The molecule has 6 nitrogen and oxygen atoms in total. The maximum absolute atomic E-state index is 4.53. The largest absolute Gasteiger partial charge is 0.322 e. The predicted octanol–water partition coefficient (Wildman–Crippen LogP) is 0.953. The fraction of sp³-hybridized carbons (Fsp3) is 0.500. The summed E-state index contributed by atoms with van der Waals surface area (Å²) in [5, 5.41) is 15.2. The normalized spacial score (nSPS) is 21.2. The summed E-state index contributed by atoms with van der Waals surface area (Å²) in [6.07, 6.45) is 0.993. The molecule has 1 fully saturated rings. The summed E-state index contributed by atoms with van der Waals surface area (Å²) in [6, 6.07) is 15.4. The molecule has 154 valence electrons. The van der Waals surface area contributed by atoms with Crippen LogP contribution in [0.3, 0.4) is 0 Å². The lowest BCUT2D eigenvalue weighted by Crippen LogP contribution is -3.27. The Hall–Kier alpha value is -2.09. The van der Waals surface area contributed by atoms with Gasteiger partial charge in [-0.1, -0.05) is 43.3 Å². The summed E-state index contributed by atoms with van der Waals surface area (Å²) in [5.41, 5.74) is 1.34. The van der Waals surface area contributed by atoms with Gasteiger partial charge in [0.1, 0.15) is 32.7 Å². The third-order valence-electron chi connectivity index (χ3n) is 6.32. The van der Waals surface area contributed by atoms with Gasteiger partial charge in [-0.25, -0.2) is 4.68 Å². The Labute approximate surface area is 177 Å². The first-order valence-corrected chi connectivity index (χ1v) is 11.5. The van der Waals surface area contributed by atoms with Crippen LogP contribution in [0.25, 0.3) is 0 Å². The Morgan fingerprint density at radius 3 is 2.48 bits per heavy atom. The highest BCUT2D eigenvalue weighted by Gasteiger charge is 2.38. The molecular weight excluding hydrogens is 380 g/mol. The van der Waals surface area contributed by atoms with E-state index in [9.17, 15) is 0 Å². The van der Waals surface area contributed by atoms with Crippen LogP contribution in [0.1, 0.15) is 49.5 Å². The second-order valence-electron chi connectivity index (χ2n) is 8.63. The topological polar surface area (TPSA) is 52.5 Å². The number of tetrazole rings is 1. The molecular formula is C22H32N6S+2. The molecule has 3 aromatic rings. The van der Waals surface area contributed by atoms with Gasteiger partial charge in [0.05, 0.1) is 10.4 Å². The van der Waals surface area contributed by atoms with Gasteiger partial charge in [0, 0.05) is 5.56 Å². The molecule has 1 saturated heterocycles. The van der Waals surface area contributed by atoms with Crippen molar-refractivity contribution in [3.8, 4) is 0 Å². The standard InChI is InChI=1S/C22H30N6S/c1-4-22(2,3)28-21(23-24-25-28)20(19-11-8-16-29-19)27-14-12-26(13-15-27)17-18-9-6-5-7-10-18/h5-11,16,20H,4,12-15,17H2,1-3H3/p+2/t20-/m0/s1. The highest BCUT2D eigenvalue weighted by Crippen LogP contribution is 2.26. The van der Waals surface area contributed by atoms with Gasteiger partial charge in [-0.3, -0.25) is 0 Å². The van der Waals surface area contributed by atoms with Gasteiger partial charge >= 0.3 is 0 Å². The van der Waals surface area contributed by atoms with Crippen LogP contribution in [-0.4, -0.2) is 46.4 Å². The SMILES string of the molecule is CCC(C)(C)n1nnnc1[C@H](c1cccs1)[NH+]1CC[NH+](Cc2ccccc2)CC1. The second-order valence-corrected chi connectivity index (χ2v) is 9.61. The van der Waals surface area contributed by atoms with Crippen molar-refractivity contribution in [3.05, 3.63) is 64.1 Å². The van der Waals surface area contributed by atoms with Crippen LogP contribution in [0, 0.1) is 0 Å².